The van der Waals surface area contributed by atoms with Crippen molar-refractivity contribution in [2.45, 2.75) is 51.0 Å². The third-order valence-electron chi connectivity index (χ3n) is 8.53. The predicted octanol–water partition coefficient (Wildman–Crippen LogP) is 5.74. The van der Waals surface area contributed by atoms with Gasteiger partial charge in [0, 0.05) is 37.6 Å². The lowest BCUT2D eigenvalue weighted by Crippen LogP contribution is -2.46. The number of aliphatic hydroxyl groups is 1. The number of aryl methyl sites for hydroxylation is 1. The molecule has 2 aliphatic rings. The topological polar surface area (TPSA) is 118 Å². The van der Waals surface area contributed by atoms with Crippen molar-refractivity contribution in [3.63, 3.8) is 0 Å². The van der Waals surface area contributed by atoms with Crippen LogP contribution < -0.4 is 14.4 Å². The smallest absolute Gasteiger partial charge is 0.319 e. The Bertz CT molecular complexity index is 1760. The normalized spacial score (nSPS) is 19.1. The van der Waals surface area contributed by atoms with E-state index >= 15 is 4.39 Å². The lowest BCUT2D eigenvalue weighted by atomic mass is 9.90. The van der Waals surface area contributed by atoms with Gasteiger partial charge in [0.15, 0.2) is 12.6 Å². The maximum Gasteiger partial charge on any atom is 0.319 e. The van der Waals surface area contributed by atoms with Crippen LogP contribution in [0, 0.1) is 22.6 Å². The molecule has 6 rings (SSSR count). The van der Waals surface area contributed by atoms with E-state index in [-0.39, 0.29) is 31.3 Å². The maximum absolute atomic E-state index is 17.2. The fourth-order valence-electron chi connectivity index (χ4n) is 5.99. The molecule has 1 aliphatic carbocycles. The fourth-order valence-corrected chi connectivity index (χ4v) is 5.99. The molecule has 0 radical (unpaired) electrons. The van der Waals surface area contributed by atoms with Crippen molar-refractivity contribution < 1.29 is 28.5 Å². The van der Waals surface area contributed by atoms with Crippen molar-refractivity contribution in [3.8, 4) is 29.0 Å². The van der Waals surface area contributed by atoms with Crippen LogP contribution >= 0.6 is 0 Å². The van der Waals surface area contributed by atoms with E-state index in [0.717, 1.165) is 36.3 Å². The second-order valence-electron chi connectivity index (χ2n) is 12.1. The largest absolute Gasteiger partial charge is 0.468 e. The first-order valence-corrected chi connectivity index (χ1v) is 14.9. The molecule has 0 unspecified atom stereocenters. The molecule has 1 saturated heterocycles. The molecule has 0 amide bonds. The Balaban J connectivity index is 1.59. The van der Waals surface area contributed by atoms with Crippen LogP contribution in [-0.4, -0.2) is 60.6 Å². The highest BCUT2D eigenvalue weighted by molar-refractivity contribution is 6.02. The van der Waals surface area contributed by atoms with Gasteiger partial charge >= 0.3 is 6.01 Å². The third kappa shape index (κ3) is 5.90. The van der Waals surface area contributed by atoms with Gasteiger partial charge in [-0.2, -0.15) is 15.2 Å². The summed E-state index contributed by atoms with van der Waals surface area (Å²) in [5.41, 5.74) is 0.109. The molecule has 10 heteroatoms. The number of rotatable bonds is 11. The van der Waals surface area contributed by atoms with Crippen LogP contribution in [0.1, 0.15) is 44.6 Å². The summed E-state index contributed by atoms with van der Waals surface area (Å²) in [5.74, 6) is 0.391. The van der Waals surface area contributed by atoms with Crippen LogP contribution in [0.4, 0.5) is 10.2 Å². The Morgan fingerprint density at radius 3 is 2.68 bits per heavy atom. The number of benzene rings is 3. The first-order valence-electron chi connectivity index (χ1n) is 14.9. The van der Waals surface area contributed by atoms with E-state index in [1.807, 2.05) is 41.3 Å². The average Bonchev–Trinajstić information content (AvgIpc) is 3.81. The number of carbonyl (C=O) groups is 1. The Morgan fingerprint density at radius 2 is 1.95 bits per heavy atom. The lowest BCUT2D eigenvalue weighted by Gasteiger charge is -2.38. The van der Waals surface area contributed by atoms with E-state index in [0.29, 0.717) is 59.6 Å². The molecule has 2 fully saturated rings. The molecule has 1 aromatic heterocycles. The van der Waals surface area contributed by atoms with Gasteiger partial charge in [0.2, 0.25) is 0 Å². The number of methoxy groups -OCH3 is 1. The molecule has 0 spiro atoms. The zero-order valence-electron chi connectivity index (χ0n) is 24.9. The minimum atomic E-state index is -0.949. The molecule has 1 aliphatic heterocycles. The quantitative estimate of drug-likeness (QED) is 0.170. The zero-order valence-corrected chi connectivity index (χ0v) is 24.9. The molecule has 2 heterocycles. The number of β-amino-alcohol motifs (C(OH)–C–C–N with tert-alkyl or cyclic N) is 1. The Morgan fingerprint density at radius 1 is 1.14 bits per heavy atom. The summed E-state index contributed by atoms with van der Waals surface area (Å²) in [4.78, 5) is 22.8. The fraction of sp³-hybridized carbons (Fsp3) is 0.412. The molecule has 4 aromatic rings. The highest BCUT2D eigenvalue weighted by Gasteiger charge is 2.44. The van der Waals surface area contributed by atoms with Gasteiger partial charge in [0.25, 0.3) is 0 Å². The van der Waals surface area contributed by atoms with Crippen molar-refractivity contribution in [1.29, 1.82) is 5.26 Å². The highest BCUT2D eigenvalue weighted by Crippen LogP contribution is 2.45. The summed E-state index contributed by atoms with van der Waals surface area (Å²) in [6.45, 7) is 2.83. The number of nitriles is 1. The molecule has 0 bridgehead atoms. The molecular weight excluding hydrogens is 563 g/mol. The van der Waals surface area contributed by atoms with Crippen molar-refractivity contribution >= 4 is 33.8 Å². The van der Waals surface area contributed by atoms with E-state index in [1.165, 1.54) is 7.11 Å². The number of hydrogen-bond donors (Lipinski definition) is 1. The number of anilines is 1. The number of ether oxygens (including phenoxy) is 3. The van der Waals surface area contributed by atoms with Crippen LogP contribution in [0.3, 0.4) is 0 Å². The Hall–Kier alpha value is -4.33. The van der Waals surface area contributed by atoms with Crippen LogP contribution in [0.2, 0.25) is 0 Å². The Labute approximate surface area is 255 Å². The van der Waals surface area contributed by atoms with Gasteiger partial charge in [0.1, 0.15) is 30.0 Å². The summed E-state index contributed by atoms with van der Waals surface area (Å²) >= 11 is 0. The van der Waals surface area contributed by atoms with Gasteiger partial charge in [0.05, 0.1) is 17.1 Å². The average molecular weight is 599 g/mol. The predicted molar refractivity (Wildman–Crippen MR) is 164 cm³/mol. The molecule has 44 heavy (non-hydrogen) atoms. The molecule has 3 aromatic carbocycles. The number of hydrogen-bond acceptors (Lipinski definition) is 9. The standard InChI is InChI=1S/C34H35FN4O5/c1-33(41)10-6-14-39(18-33)31-27-16-23(8-5-13-36)28(26-17-24(44-21-42-2)15-22-7-3-4-9-25(22)26)29(35)30(27)37-32(38-31)43-20-34(19-40)11-12-34/h3-4,7,9,15-17,19,41H,5-6,8,10-12,14,18,20-21H2,1-2H3/t33-/m1/s1. The molecule has 1 saturated carbocycles. The number of piperidine rings is 1. The zero-order chi connectivity index (χ0) is 30.9. The Kier molecular flexibility index (Phi) is 8.10. The number of fused-ring (bicyclic) bond motifs is 2. The summed E-state index contributed by atoms with van der Waals surface area (Å²) in [6, 6.07) is 15.3. The van der Waals surface area contributed by atoms with Crippen LogP contribution in [0.15, 0.2) is 42.5 Å². The van der Waals surface area contributed by atoms with E-state index in [9.17, 15) is 15.2 Å². The van der Waals surface area contributed by atoms with Gasteiger partial charge in [-0.1, -0.05) is 24.3 Å². The summed E-state index contributed by atoms with van der Waals surface area (Å²) < 4.78 is 34.0. The minimum absolute atomic E-state index is 0.0255. The maximum atomic E-state index is 17.2. The van der Waals surface area contributed by atoms with E-state index < -0.39 is 16.8 Å². The monoisotopic (exact) mass is 598 g/mol. The van der Waals surface area contributed by atoms with Crippen molar-refractivity contribution in [3.05, 3.63) is 53.8 Å². The number of aldehydes is 1. The number of aromatic nitrogens is 2. The summed E-state index contributed by atoms with van der Waals surface area (Å²) in [5, 5.41) is 22.6. The van der Waals surface area contributed by atoms with E-state index in [4.69, 9.17) is 19.2 Å². The molecule has 9 nitrogen and oxygen atoms in total. The lowest BCUT2D eigenvalue weighted by molar-refractivity contribution is -0.113. The second kappa shape index (κ2) is 12.0. The number of halogens is 1. The van der Waals surface area contributed by atoms with Gasteiger partial charge in [-0.05, 0) is 79.1 Å². The van der Waals surface area contributed by atoms with E-state index in [1.54, 1.807) is 13.0 Å². The number of carbonyl (C=O) groups excluding carboxylic acids is 1. The van der Waals surface area contributed by atoms with Gasteiger partial charge in [-0.25, -0.2) is 4.39 Å². The van der Waals surface area contributed by atoms with Crippen molar-refractivity contribution in [2.75, 3.05) is 38.5 Å². The van der Waals surface area contributed by atoms with Crippen LogP contribution in [-0.2, 0) is 16.0 Å². The van der Waals surface area contributed by atoms with Gasteiger partial charge in [-0.15, -0.1) is 0 Å². The summed E-state index contributed by atoms with van der Waals surface area (Å²) in [6.07, 6.45) is 4.19. The van der Waals surface area contributed by atoms with Crippen LogP contribution in [0.25, 0.3) is 32.8 Å². The summed E-state index contributed by atoms with van der Waals surface area (Å²) in [7, 11) is 1.53. The molecule has 1 atom stereocenters. The SMILES string of the molecule is COCOc1cc(-c2c(CCC#N)cc3c(N4CCC[C@@](C)(O)C4)nc(OCC4(C=O)CC4)nc3c2F)c2ccccc2c1. The minimum Gasteiger partial charge on any atom is -0.468 e. The van der Waals surface area contributed by atoms with Gasteiger partial charge in [-0.3, -0.25) is 0 Å². The molecule has 1 N–H and O–H groups in total. The third-order valence-corrected chi connectivity index (χ3v) is 8.53. The molecule has 228 valence electrons. The van der Waals surface area contributed by atoms with Crippen molar-refractivity contribution in [1.82, 2.24) is 9.97 Å². The highest BCUT2D eigenvalue weighted by atomic mass is 19.1. The van der Waals surface area contributed by atoms with Crippen molar-refractivity contribution in [2.24, 2.45) is 5.41 Å². The molecular formula is C34H35FN4O5. The number of nitrogens with zero attached hydrogens (tertiary/aromatic N) is 4. The van der Waals surface area contributed by atoms with E-state index in [2.05, 4.69) is 11.1 Å². The first kappa shape index (κ1) is 29.7. The first-order chi connectivity index (χ1) is 21.3. The van der Waals surface area contributed by atoms with Gasteiger partial charge < -0.3 is 29.0 Å². The second-order valence-corrected chi connectivity index (χ2v) is 12.1. The van der Waals surface area contributed by atoms with Crippen LogP contribution in [0.5, 0.6) is 11.8 Å².